The van der Waals surface area contributed by atoms with Crippen LogP contribution in [0.5, 0.6) is 5.88 Å². The summed E-state index contributed by atoms with van der Waals surface area (Å²) in [5.41, 5.74) is 3.81. The summed E-state index contributed by atoms with van der Waals surface area (Å²) in [6, 6.07) is 15.4. The summed E-state index contributed by atoms with van der Waals surface area (Å²) in [5, 5.41) is 11.2. The Bertz CT molecular complexity index is 1350. The Morgan fingerprint density at radius 3 is 2.55 bits per heavy atom. The molecule has 8 nitrogen and oxygen atoms in total. The monoisotopic (exact) mass is 463 g/mol. The number of carbonyl (C=O) groups is 2. The average Bonchev–Trinajstić information content (AvgIpc) is 3.10. The van der Waals surface area contributed by atoms with E-state index >= 15 is 0 Å². The van der Waals surface area contributed by atoms with Gasteiger partial charge in [-0.1, -0.05) is 23.7 Å². The number of amides is 2. The number of nitrogens with zero attached hydrogens (tertiary/aromatic N) is 3. The second-order valence-electron chi connectivity index (χ2n) is 7.55. The van der Waals surface area contributed by atoms with Crippen molar-refractivity contribution in [2.24, 2.45) is 7.05 Å². The molecule has 0 fully saturated rings. The number of benzene rings is 2. The average molecular weight is 464 g/mol. The number of ether oxygens (including phenoxy) is 1. The lowest BCUT2D eigenvalue weighted by Gasteiger charge is -2.12. The molecule has 2 aromatic carbocycles. The first kappa shape index (κ1) is 22.3. The van der Waals surface area contributed by atoms with E-state index in [2.05, 4.69) is 20.7 Å². The fourth-order valence-electron chi connectivity index (χ4n) is 3.49. The van der Waals surface area contributed by atoms with Crippen LogP contribution in [-0.4, -0.2) is 33.2 Å². The summed E-state index contributed by atoms with van der Waals surface area (Å²) in [6.07, 6.45) is 0. The number of para-hydroxylation sites is 1. The minimum Gasteiger partial charge on any atom is -0.466 e. The van der Waals surface area contributed by atoms with Gasteiger partial charge in [-0.25, -0.2) is 9.67 Å². The Labute approximate surface area is 195 Å². The summed E-state index contributed by atoms with van der Waals surface area (Å²) in [7, 11) is 1.77. The van der Waals surface area contributed by atoms with Crippen LogP contribution in [0.2, 0.25) is 5.02 Å². The number of pyridine rings is 1. The van der Waals surface area contributed by atoms with E-state index in [1.807, 2.05) is 19.9 Å². The number of hydrogen-bond acceptors (Lipinski definition) is 5. The molecule has 0 aliphatic carbocycles. The molecular formula is C24H22ClN5O3. The third kappa shape index (κ3) is 4.96. The molecule has 0 atom stereocenters. The Kier molecular flexibility index (Phi) is 6.28. The van der Waals surface area contributed by atoms with Crippen LogP contribution < -0.4 is 15.4 Å². The van der Waals surface area contributed by atoms with Crippen molar-refractivity contribution < 1.29 is 14.3 Å². The number of aryl methyl sites for hydroxylation is 3. The minimum atomic E-state index is -0.418. The van der Waals surface area contributed by atoms with E-state index in [4.69, 9.17) is 16.3 Å². The van der Waals surface area contributed by atoms with Crippen LogP contribution >= 0.6 is 11.6 Å². The summed E-state index contributed by atoms with van der Waals surface area (Å²) >= 11 is 5.89. The largest absolute Gasteiger partial charge is 0.466 e. The Morgan fingerprint density at radius 1 is 1.06 bits per heavy atom. The predicted octanol–water partition coefficient (Wildman–Crippen LogP) is 4.51. The fourth-order valence-corrected chi connectivity index (χ4v) is 3.62. The Balaban J connectivity index is 1.46. The molecule has 9 heteroatoms. The van der Waals surface area contributed by atoms with Crippen LogP contribution in [0.1, 0.15) is 21.6 Å². The molecule has 0 aliphatic heterocycles. The van der Waals surface area contributed by atoms with Gasteiger partial charge >= 0.3 is 0 Å². The van der Waals surface area contributed by atoms with Crippen LogP contribution in [0.25, 0.3) is 11.0 Å². The van der Waals surface area contributed by atoms with Crippen LogP contribution in [0, 0.1) is 13.8 Å². The zero-order valence-corrected chi connectivity index (χ0v) is 19.1. The number of hydrogen-bond donors (Lipinski definition) is 2. The Hall–Kier alpha value is -3.91. The lowest BCUT2D eigenvalue weighted by atomic mass is 10.1. The third-order valence-electron chi connectivity index (χ3n) is 4.97. The maximum absolute atomic E-state index is 12.7. The van der Waals surface area contributed by atoms with Gasteiger partial charge in [-0.3, -0.25) is 9.59 Å². The molecule has 0 aliphatic rings. The first-order chi connectivity index (χ1) is 15.8. The van der Waals surface area contributed by atoms with Gasteiger partial charge in [-0.05, 0) is 61.9 Å². The van der Waals surface area contributed by atoms with E-state index < -0.39 is 5.91 Å². The quantitative estimate of drug-likeness (QED) is 0.438. The molecule has 0 bridgehead atoms. The normalized spacial score (nSPS) is 10.8. The number of halogens is 1. The smallest absolute Gasteiger partial charge is 0.262 e. The standard InChI is InChI=1S/C24H22ClN5O3/c1-14-12-15(2)26-22-21(14)24(29-30(22)3)33-13-20(31)28-19-7-5-4-6-18(19)23(32)27-17-10-8-16(25)9-11-17/h4-12H,13H2,1-3H3,(H,27,32)(H,28,31). The van der Waals surface area contributed by atoms with E-state index in [-0.39, 0.29) is 12.5 Å². The van der Waals surface area contributed by atoms with Crippen LogP contribution in [0.3, 0.4) is 0 Å². The highest BCUT2D eigenvalue weighted by atomic mass is 35.5. The predicted molar refractivity (Wildman–Crippen MR) is 128 cm³/mol. The molecule has 0 saturated heterocycles. The highest BCUT2D eigenvalue weighted by Crippen LogP contribution is 2.27. The van der Waals surface area contributed by atoms with Gasteiger partial charge in [0, 0.05) is 23.5 Å². The second-order valence-corrected chi connectivity index (χ2v) is 7.99. The lowest BCUT2D eigenvalue weighted by Crippen LogP contribution is -2.23. The molecule has 0 spiro atoms. The highest BCUT2D eigenvalue weighted by molar-refractivity contribution is 6.30. The van der Waals surface area contributed by atoms with Gasteiger partial charge in [0.2, 0.25) is 5.88 Å². The molecule has 4 rings (SSSR count). The molecule has 2 heterocycles. The van der Waals surface area contributed by atoms with Gasteiger partial charge < -0.3 is 15.4 Å². The molecule has 0 saturated carbocycles. The zero-order valence-electron chi connectivity index (χ0n) is 18.3. The molecule has 168 valence electrons. The van der Waals surface area contributed by atoms with Crippen molar-refractivity contribution in [2.45, 2.75) is 13.8 Å². The number of aromatic nitrogens is 3. The number of rotatable bonds is 6. The van der Waals surface area contributed by atoms with Gasteiger partial charge in [0.1, 0.15) is 0 Å². The van der Waals surface area contributed by atoms with Crippen molar-refractivity contribution in [3.05, 3.63) is 76.4 Å². The third-order valence-corrected chi connectivity index (χ3v) is 5.23. The van der Waals surface area contributed by atoms with E-state index in [0.29, 0.717) is 33.5 Å². The summed E-state index contributed by atoms with van der Waals surface area (Å²) in [6.45, 7) is 3.59. The number of carbonyl (C=O) groups excluding carboxylic acids is 2. The summed E-state index contributed by atoms with van der Waals surface area (Å²) in [4.78, 5) is 29.8. The Morgan fingerprint density at radius 2 is 1.79 bits per heavy atom. The molecule has 4 aromatic rings. The molecule has 2 aromatic heterocycles. The van der Waals surface area contributed by atoms with Crippen LogP contribution in [0.4, 0.5) is 11.4 Å². The van der Waals surface area contributed by atoms with E-state index in [1.165, 1.54) is 0 Å². The van der Waals surface area contributed by atoms with Crippen molar-refractivity contribution in [3.8, 4) is 5.88 Å². The van der Waals surface area contributed by atoms with Crippen molar-refractivity contribution in [1.82, 2.24) is 14.8 Å². The van der Waals surface area contributed by atoms with Gasteiger partial charge in [0.25, 0.3) is 11.8 Å². The topological polar surface area (TPSA) is 98.1 Å². The van der Waals surface area contributed by atoms with E-state index in [9.17, 15) is 9.59 Å². The van der Waals surface area contributed by atoms with Crippen molar-refractivity contribution in [2.75, 3.05) is 17.2 Å². The minimum absolute atomic E-state index is 0.271. The molecule has 0 unspecified atom stereocenters. The molecular weight excluding hydrogens is 442 g/mol. The van der Waals surface area contributed by atoms with Gasteiger partial charge in [-0.15, -0.1) is 5.10 Å². The molecule has 2 N–H and O–H groups in total. The number of fused-ring (bicyclic) bond motifs is 1. The first-order valence-corrected chi connectivity index (χ1v) is 10.6. The number of anilines is 2. The highest BCUT2D eigenvalue weighted by Gasteiger charge is 2.17. The number of nitrogens with one attached hydrogen (secondary N) is 2. The maximum Gasteiger partial charge on any atom is 0.262 e. The lowest BCUT2D eigenvalue weighted by molar-refractivity contribution is -0.118. The zero-order chi connectivity index (χ0) is 23.5. The molecule has 0 radical (unpaired) electrons. The van der Waals surface area contributed by atoms with Crippen molar-refractivity contribution in [3.63, 3.8) is 0 Å². The molecule has 2 amide bonds. The maximum atomic E-state index is 12.7. The first-order valence-electron chi connectivity index (χ1n) is 10.2. The van der Waals surface area contributed by atoms with Crippen LogP contribution in [0.15, 0.2) is 54.6 Å². The summed E-state index contributed by atoms with van der Waals surface area (Å²) < 4.78 is 7.33. The van der Waals surface area contributed by atoms with Gasteiger partial charge in [0.05, 0.1) is 16.6 Å². The second kappa shape index (κ2) is 9.30. The molecule has 33 heavy (non-hydrogen) atoms. The fraction of sp³-hybridized carbons (Fsp3) is 0.167. The van der Waals surface area contributed by atoms with Crippen molar-refractivity contribution >= 4 is 45.8 Å². The van der Waals surface area contributed by atoms with Gasteiger partial charge in [0.15, 0.2) is 12.3 Å². The SMILES string of the molecule is Cc1cc(C)c2c(OCC(=O)Nc3ccccc3C(=O)Nc3ccc(Cl)cc3)nn(C)c2n1. The summed E-state index contributed by atoms with van der Waals surface area (Å²) in [5.74, 6) is -0.443. The van der Waals surface area contributed by atoms with Crippen LogP contribution in [-0.2, 0) is 11.8 Å². The van der Waals surface area contributed by atoms with Crippen molar-refractivity contribution in [1.29, 1.82) is 0 Å². The van der Waals surface area contributed by atoms with E-state index in [1.54, 1.807) is 60.3 Å². The van der Waals surface area contributed by atoms with E-state index in [0.717, 1.165) is 16.6 Å². The van der Waals surface area contributed by atoms with Gasteiger partial charge in [-0.2, -0.15) is 0 Å².